The molecule has 0 saturated heterocycles. The van der Waals surface area contributed by atoms with E-state index < -0.39 is 5.97 Å². The maximum absolute atomic E-state index is 10.7. The molecular formula is C12H9N3O2. The average Bonchev–Trinajstić information content (AvgIpc) is 2.78. The Kier molecular flexibility index (Phi) is 2.63. The van der Waals surface area contributed by atoms with Crippen molar-refractivity contribution in [1.29, 1.82) is 5.26 Å². The molecule has 17 heavy (non-hydrogen) atoms. The van der Waals surface area contributed by atoms with Crippen molar-refractivity contribution in [2.45, 2.75) is 6.92 Å². The molecule has 0 saturated carbocycles. The van der Waals surface area contributed by atoms with Crippen molar-refractivity contribution >= 4 is 5.97 Å². The summed E-state index contributed by atoms with van der Waals surface area (Å²) in [4.78, 5) is 10.7. The largest absolute Gasteiger partial charge is 0.478 e. The van der Waals surface area contributed by atoms with Crippen molar-refractivity contribution < 1.29 is 9.90 Å². The van der Waals surface area contributed by atoms with E-state index in [1.54, 1.807) is 18.2 Å². The predicted molar refractivity (Wildman–Crippen MR) is 60.0 cm³/mol. The Bertz CT molecular complexity index is 623. The molecule has 0 spiro atoms. The molecule has 0 bridgehead atoms. The number of benzene rings is 1. The third-order valence-electron chi connectivity index (χ3n) is 2.40. The minimum atomic E-state index is -1.01. The molecule has 1 heterocycles. The lowest BCUT2D eigenvalue weighted by Crippen LogP contribution is -1.98. The predicted octanol–water partition coefficient (Wildman–Crippen LogP) is 1.75. The van der Waals surface area contributed by atoms with E-state index in [0.717, 1.165) is 11.3 Å². The molecule has 0 aliphatic heterocycles. The van der Waals surface area contributed by atoms with Crippen LogP contribution in [0.1, 0.15) is 21.5 Å². The van der Waals surface area contributed by atoms with Crippen molar-refractivity contribution in [3.63, 3.8) is 0 Å². The summed E-state index contributed by atoms with van der Waals surface area (Å²) in [5.41, 5.74) is 2.33. The van der Waals surface area contributed by atoms with Gasteiger partial charge in [-0.05, 0) is 30.7 Å². The van der Waals surface area contributed by atoms with E-state index >= 15 is 0 Å². The fraction of sp³-hybridized carbons (Fsp3) is 0.0833. The lowest BCUT2D eigenvalue weighted by molar-refractivity contribution is 0.0697. The first-order valence-electron chi connectivity index (χ1n) is 4.91. The molecule has 2 rings (SSSR count). The quantitative estimate of drug-likeness (QED) is 0.847. The van der Waals surface area contributed by atoms with E-state index in [2.05, 4.69) is 5.10 Å². The Morgan fingerprint density at radius 2 is 2.29 bits per heavy atom. The molecule has 1 aromatic heterocycles. The molecule has 0 radical (unpaired) electrons. The van der Waals surface area contributed by atoms with Crippen LogP contribution in [0, 0.1) is 18.3 Å². The number of aromatic carboxylic acids is 1. The van der Waals surface area contributed by atoms with Gasteiger partial charge in [-0.25, -0.2) is 9.48 Å². The van der Waals surface area contributed by atoms with Crippen LogP contribution in [0.15, 0.2) is 30.6 Å². The summed E-state index contributed by atoms with van der Waals surface area (Å²) in [6.07, 6.45) is 2.73. The molecule has 1 N–H and O–H groups in total. The molecule has 5 nitrogen and oxygen atoms in total. The highest BCUT2D eigenvalue weighted by atomic mass is 16.4. The van der Waals surface area contributed by atoms with Crippen molar-refractivity contribution in [1.82, 2.24) is 9.78 Å². The molecular weight excluding hydrogens is 218 g/mol. The van der Waals surface area contributed by atoms with Gasteiger partial charge in [-0.2, -0.15) is 10.4 Å². The molecule has 2 aromatic rings. The Labute approximate surface area is 97.5 Å². The zero-order chi connectivity index (χ0) is 12.4. The minimum Gasteiger partial charge on any atom is -0.478 e. The number of carboxylic acid groups (broad SMARTS) is 1. The molecule has 0 unspecified atom stereocenters. The Balaban J connectivity index is 2.46. The lowest BCUT2D eigenvalue weighted by atomic mass is 10.1. The molecule has 0 fully saturated rings. The van der Waals surface area contributed by atoms with E-state index in [4.69, 9.17) is 10.4 Å². The number of rotatable bonds is 2. The molecule has 5 heteroatoms. The minimum absolute atomic E-state index is 0.133. The zero-order valence-electron chi connectivity index (χ0n) is 9.08. The van der Waals surface area contributed by atoms with Crippen LogP contribution in [0.5, 0.6) is 0 Å². The molecule has 0 atom stereocenters. The monoisotopic (exact) mass is 227 g/mol. The second-order valence-electron chi connectivity index (χ2n) is 3.59. The highest BCUT2D eigenvalue weighted by molar-refractivity contribution is 5.87. The SMILES string of the molecule is Cc1cc(C#N)ccc1-n1cc(C(=O)O)cn1. The van der Waals surface area contributed by atoms with Crippen LogP contribution >= 0.6 is 0 Å². The second kappa shape index (κ2) is 4.10. The van der Waals surface area contributed by atoms with Crippen molar-refractivity contribution in [3.05, 3.63) is 47.3 Å². The fourth-order valence-electron chi connectivity index (χ4n) is 1.55. The van der Waals surface area contributed by atoms with Gasteiger partial charge in [0.1, 0.15) is 0 Å². The number of aryl methyl sites for hydroxylation is 1. The van der Waals surface area contributed by atoms with Crippen molar-refractivity contribution in [3.8, 4) is 11.8 Å². The summed E-state index contributed by atoms with van der Waals surface area (Å²) >= 11 is 0. The van der Waals surface area contributed by atoms with E-state index in [-0.39, 0.29) is 5.56 Å². The third-order valence-corrected chi connectivity index (χ3v) is 2.40. The molecule has 0 amide bonds. The number of carbonyl (C=O) groups is 1. The Morgan fingerprint density at radius 3 is 2.82 bits per heavy atom. The Morgan fingerprint density at radius 1 is 1.53 bits per heavy atom. The normalized spacial score (nSPS) is 9.88. The highest BCUT2D eigenvalue weighted by Gasteiger charge is 2.08. The maximum atomic E-state index is 10.7. The van der Waals surface area contributed by atoms with Crippen LogP contribution in [0.4, 0.5) is 0 Å². The number of hydrogen-bond donors (Lipinski definition) is 1. The number of aromatic nitrogens is 2. The standard InChI is InChI=1S/C12H9N3O2/c1-8-4-9(5-13)2-3-11(8)15-7-10(6-14-15)12(16)17/h2-4,6-7H,1H3,(H,16,17). The van der Waals surface area contributed by atoms with Gasteiger partial charge in [0.15, 0.2) is 0 Å². The van der Waals surface area contributed by atoms with Gasteiger partial charge >= 0.3 is 5.97 Å². The number of nitrogens with zero attached hydrogens (tertiary/aromatic N) is 3. The van der Waals surface area contributed by atoms with Crippen LogP contribution in [0.3, 0.4) is 0 Å². The molecule has 1 aromatic carbocycles. The summed E-state index contributed by atoms with van der Waals surface area (Å²) in [6.45, 7) is 1.85. The zero-order valence-corrected chi connectivity index (χ0v) is 9.08. The van der Waals surface area contributed by atoms with Gasteiger partial charge in [0, 0.05) is 6.20 Å². The van der Waals surface area contributed by atoms with E-state index in [1.807, 2.05) is 13.0 Å². The summed E-state index contributed by atoms with van der Waals surface area (Å²) in [7, 11) is 0. The van der Waals surface area contributed by atoms with Gasteiger partial charge in [-0.3, -0.25) is 0 Å². The summed E-state index contributed by atoms with van der Waals surface area (Å²) < 4.78 is 1.49. The highest BCUT2D eigenvalue weighted by Crippen LogP contribution is 2.15. The second-order valence-corrected chi connectivity index (χ2v) is 3.59. The third kappa shape index (κ3) is 2.01. The van der Waals surface area contributed by atoms with Gasteiger partial charge in [0.05, 0.1) is 29.1 Å². The van der Waals surface area contributed by atoms with E-state index in [0.29, 0.717) is 5.56 Å². The Hall–Kier alpha value is -2.61. The first-order chi connectivity index (χ1) is 8.11. The first kappa shape index (κ1) is 10.9. The van der Waals surface area contributed by atoms with E-state index in [1.165, 1.54) is 17.1 Å². The summed E-state index contributed by atoms with van der Waals surface area (Å²) in [5.74, 6) is -1.01. The molecule has 0 aliphatic rings. The fourth-order valence-corrected chi connectivity index (χ4v) is 1.55. The van der Waals surface area contributed by atoms with Crippen LogP contribution in [-0.4, -0.2) is 20.9 Å². The number of nitriles is 1. The topological polar surface area (TPSA) is 78.9 Å². The van der Waals surface area contributed by atoms with Gasteiger partial charge < -0.3 is 5.11 Å². The van der Waals surface area contributed by atoms with Crippen LogP contribution in [0.2, 0.25) is 0 Å². The molecule has 84 valence electrons. The summed E-state index contributed by atoms with van der Waals surface area (Å²) in [5, 5.41) is 21.5. The van der Waals surface area contributed by atoms with Gasteiger partial charge in [-0.15, -0.1) is 0 Å². The molecule has 0 aliphatic carbocycles. The van der Waals surface area contributed by atoms with E-state index in [9.17, 15) is 4.79 Å². The number of hydrogen-bond acceptors (Lipinski definition) is 3. The maximum Gasteiger partial charge on any atom is 0.338 e. The summed E-state index contributed by atoms with van der Waals surface area (Å²) in [6, 6.07) is 7.19. The first-order valence-corrected chi connectivity index (χ1v) is 4.91. The van der Waals surface area contributed by atoms with Gasteiger partial charge in [0.2, 0.25) is 0 Å². The van der Waals surface area contributed by atoms with Crippen LogP contribution in [-0.2, 0) is 0 Å². The lowest BCUT2D eigenvalue weighted by Gasteiger charge is -2.05. The van der Waals surface area contributed by atoms with Crippen molar-refractivity contribution in [2.24, 2.45) is 0 Å². The van der Waals surface area contributed by atoms with Crippen LogP contribution < -0.4 is 0 Å². The average molecular weight is 227 g/mol. The van der Waals surface area contributed by atoms with Crippen LogP contribution in [0.25, 0.3) is 5.69 Å². The van der Waals surface area contributed by atoms with Crippen molar-refractivity contribution in [2.75, 3.05) is 0 Å². The van der Waals surface area contributed by atoms with Gasteiger partial charge in [0.25, 0.3) is 0 Å². The number of carboxylic acids is 1. The van der Waals surface area contributed by atoms with Gasteiger partial charge in [-0.1, -0.05) is 0 Å². The smallest absolute Gasteiger partial charge is 0.338 e.